The van der Waals surface area contributed by atoms with Crippen LogP contribution in [0.1, 0.15) is 36.3 Å². The number of furan rings is 1. The number of hydrogen-bond acceptors (Lipinski definition) is 6. The summed E-state index contributed by atoms with van der Waals surface area (Å²) in [6, 6.07) is 17.8. The minimum Gasteiger partial charge on any atom is -0.467 e. The zero-order valence-electron chi connectivity index (χ0n) is 19.0. The van der Waals surface area contributed by atoms with Gasteiger partial charge in [-0.2, -0.15) is 0 Å². The molecule has 2 aliphatic heterocycles. The van der Waals surface area contributed by atoms with Crippen molar-refractivity contribution in [3.8, 4) is 0 Å². The van der Waals surface area contributed by atoms with Crippen molar-refractivity contribution in [3.63, 3.8) is 0 Å². The number of amides is 2. The molecule has 0 radical (unpaired) electrons. The summed E-state index contributed by atoms with van der Waals surface area (Å²) in [5.74, 6) is -0.0173. The number of anilines is 1. The molecule has 0 aliphatic carbocycles. The van der Waals surface area contributed by atoms with Crippen LogP contribution in [0.5, 0.6) is 0 Å². The molecule has 35 heavy (non-hydrogen) atoms. The average molecular weight is 491 g/mol. The molecule has 0 fully saturated rings. The fourth-order valence-corrected chi connectivity index (χ4v) is 4.29. The van der Waals surface area contributed by atoms with Gasteiger partial charge in [0.05, 0.1) is 17.6 Å². The summed E-state index contributed by atoms with van der Waals surface area (Å²) in [7, 11) is 0. The number of benzene rings is 2. The van der Waals surface area contributed by atoms with Gasteiger partial charge in [-0.1, -0.05) is 54.0 Å². The fourth-order valence-electron chi connectivity index (χ4n) is 4.16. The lowest BCUT2D eigenvalue weighted by Crippen LogP contribution is -2.41. The van der Waals surface area contributed by atoms with Crippen molar-refractivity contribution in [3.05, 3.63) is 94.9 Å². The van der Waals surface area contributed by atoms with Gasteiger partial charge in [0.1, 0.15) is 11.8 Å². The minimum absolute atomic E-state index is 0.193. The smallest absolute Gasteiger partial charge is 0.282 e. The van der Waals surface area contributed by atoms with Gasteiger partial charge in [-0.15, -0.1) is 0 Å². The quantitative estimate of drug-likeness (QED) is 0.491. The highest BCUT2D eigenvalue weighted by Crippen LogP contribution is 2.32. The van der Waals surface area contributed by atoms with Crippen molar-refractivity contribution in [2.24, 2.45) is 5.16 Å². The van der Waals surface area contributed by atoms with E-state index < -0.39 is 6.04 Å². The van der Waals surface area contributed by atoms with Crippen LogP contribution in [0.3, 0.4) is 0 Å². The van der Waals surface area contributed by atoms with E-state index in [-0.39, 0.29) is 24.1 Å². The Morgan fingerprint density at radius 1 is 1.14 bits per heavy atom. The van der Waals surface area contributed by atoms with Crippen molar-refractivity contribution < 1.29 is 18.8 Å². The van der Waals surface area contributed by atoms with E-state index in [2.05, 4.69) is 10.6 Å². The Morgan fingerprint density at radius 3 is 2.69 bits per heavy atom. The van der Waals surface area contributed by atoms with Crippen molar-refractivity contribution in [2.45, 2.75) is 19.4 Å². The van der Waals surface area contributed by atoms with E-state index in [9.17, 15) is 9.59 Å². The van der Waals surface area contributed by atoms with E-state index >= 15 is 0 Å². The Labute approximate surface area is 207 Å². The molecule has 2 aromatic carbocycles. The first-order valence-electron chi connectivity index (χ1n) is 11.3. The lowest BCUT2D eigenvalue weighted by Gasteiger charge is -2.23. The van der Waals surface area contributed by atoms with E-state index in [1.165, 1.54) is 5.01 Å². The SMILES string of the molecule is CCCN1C(=O)/C(=N/OCC(=O)N2NC(c3ccc(Cl)cc3)=C[C@@H]2c2ccco2)c2ccccc21. The molecule has 1 N–H and O–H groups in total. The van der Waals surface area contributed by atoms with Gasteiger partial charge in [0.2, 0.25) is 0 Å². The molecule has 5 rings (SSSR count). The minimum atomic E-state index is -0.478. The molecule has 0 spiro atoms. The topological polar surface area (TPSA) is 87.4 Å². The second-order valence-electron chi connectivity index (χ2n) is 8.11. The van der Waals surface area contributed by atoms with Crippen LogP contribution in [0.4, 0.5) is 5.69 Å². The van der Waals surface area contributed by atoms with E-state index in [1.54, 1.807) is 35.4 Å². The predicted octanol–water partition coefficient (Wildman–Crippen LogP) is 4.54. The van der Waals surface area contributed by atoms with Crippen molar-refractivity contribution in [1.82, 2.24) is 10.4 Å². The lowest BCUT2D eigenvalue weighted by molar-refractivity contribution is -0.139. The summed E-state index contributed by atoms with van der Waals surface area (Å²) in [6.45, 7) is 2.22. The number of nitrogens with zero attached hydrogens (tertiary/aromatic N) is 3. The number of fused-ring (bicyclic) bond motifs is 1. The Kier molecular flexibility index (Phi) is 6.29. The predicted molar refractivity (Wildman–Crippen MR) is 132 cm³/mol. The molecule has 2 aliphatic rings. The number of nitrogens with one attached hydrogen (secondary N) is 1. The molecule has 0 unspecified atom stereocenters. The normalized spacial score (nSPS) is 18.0. The largest absolute Gasteiger partial charge is 0.467 e. The molecule has 0 saturated heterocycles. The maximum atomic E-state index is 13.1. The summed E-state index contributed by atoms with van der Waals surface area (Å²) in [5, 5.41) is 6.11. The second kappa shape index (κ2) is 9.68. The third-order valence-electron chi connectivity index (χ3n) is 5.79. The van der Waals surface area contributed by atoms with Gasteiger partial charge in [-0.05, 0) is 48.4 Å². The van der Waals surface area contributed by atoms with Crippen LogP contribution in [-0.4, -0.2) is 35.7 Å². The van der Waals surface area contributed by atoms with Crippen LogP contribution in [0, 0.1) is 0 Å². The number of hydrazine groups is 1. The van der Waals surface area contributed by atoms with Crippen molar-refractivity contribution in [2.75, 3.05) is 18.1 Å². The fraction of sp³-hybridized carbons (Fsp3) is 0.192. The van der Waals surface area contributed by atoms with Gasteiger partial charge in [-0.25, -0.2) is 5.01 Å². The Morgan fingerprint density at radius 2 is 1.94 bits per heavy atom. The standard InChI is InChI=1S/C26H23ClN4O4/c1-2-13-30-21-7-4-3-6-19(21)25(26(30)33)29-35-16-24(32)31-22(23-8-5-14-34-23)15-20(28-31)17-9-11-18(27)12-10-17/h3-12,14-15,22,28H,2,13,16H2,1H3/b29-25+/t22-/m1/s1. The first kappa shape index (κ1) is 22.7. The van der Waals surface area contributed by atoms with Crippen LogP contribution >= 0.6 is 11.6 Å². The van der Waals surface area contributed by atoms with Gasteiger partial charge < -0.3 is 14.2 Å². The third-order valence-corrected chi connectivity index (χ3v) is 6.04. The summed E-state index contributed by atoms with van der Waals surface area (Å²) in [6.07, 6.45) is 4.26. The molecule has 8 nitrogen and oxygen atoms in total. The number of para-hydroxylation sites is 1. The third kappa shape index (κ3) is 4.40. The van der Waals surface area contributed by atoms with Gasteiger partial charge in [0, 0.05) is 17.1 Å². The molecule has 9 heteroatoms. The van der Waals surface area contributed by atoms with Crippen molar-refractivity contribution in [1.29, 1.82) is 0 Å². The zero-order chi connectivity index (χ0) is 24.4. The maximum Gasteiger partial charge on any atom is 0.282 e. The molecule has 3 heterocycles. The maximum absolute atomic E-state index is 13.1. The molecule has 3 aromatic rings. The van der Waals surface area contributed by atoms with E-state index in [0.29, 0.717) is 22.9 Å². The Hall–Kier alpha value is -4.04. The number of rotatable bonds is 7. The van der Waals surface area contributed by atoms with E-state index in [1.807, 2.05) is 49.4 Å². The summed E-state index contributed by atoms with van der Waals surface area (Å²) >= 11 is 6.01. The van der Waals surface area contributed by atoms with Gasteiger partial charge in [0.15, 0.2) is 12.3 Å². The van der Waals surface area contributed by atoms with Gasteiger partial charge in [-0.3, -0.25) is 15.0 Å². The lowest BCUT2D eigenvalue weighted by atomic mass is 10.1. The zero-order valence-corrected chi connectivity index (χ0v) is 19.7. The molecule has 1 aromatic heterocycles. The molecule has 178 valence electrons. The van der Waals surface area contributed by atoms with Crippen LogP contribution in [0.2, 0.25) is 5.02 Å². The first-order valence-corrected chi connectivity index (χ1v) is 11.7. The molecule has 1 atom stereocenters. The molecular formula is C26H23ClN4O4. The molecule has 0 bridgehead atoms. The Balaban J connectivity index is 1.32. The highest BCUT2D eigenvalue weighted by Gasteiger charge is 2.35. The van der Waals surface area contributed by atoms with E-state index in [0.717, 1.165) is 23.4 Å². The molecular weight excluding hydrogens is 468 g/mol. The van der Waals surface area contributed by atoms with Crippen LogP contribution in [0.15, 0.2) is 82.6 Å². The number of carbonyl (C=O) groups is 2. The van der Waals surface area contributed by atoms with E-state index in [4.69, 9.17) is 20.9 Å². The number of oxime groups is 1. The molecule has 2 amide bonds. The summed E-state index contributed by atoms with van der Waals surface area (Å²) in [5.41, 5.74) is 6.41. The van der Waals surface area contributed by atoms with Crippen LogP contribution in [-0.2, 0) is 14.4 Å². The summed E-state index contributed by atoms with van der Waals surface area (Å²) in [4.78, 5) is 33.1. The first-order chi connectivity index (χ1) is 17.1. The average Bonchev–Trinajstić information content (AvgIpc) is 3.60. The van der Waals surface area contributed by atoms with Crippen LogP contribution < -0.4 is 10.3 Å². The monoisotopic (exact) mass is 490 g/mol. The number of carbonyl (C=O) groups excluding carboxylic acids is 2. The summed E-state index contributed by atoms with van der Waals surface area (Å²) < 4.78 is 5.56. The van der Waals surface area contributed by atoms with Gasteiger partial charge >= 0.3 is 0 Å². The molecule has 0 saturated carbocycles. The number of halogens is 1. The highest BCUT2D eigenvalue weighted by molar-refractivity contribution is 6.54. The van der Waals surface area contributed by atoms with Gasteiger partial charge in [0.25, 0.3) is 11.8 Å². The number of hydrogen-bond donors (Lipinski definition) is 1. The second-order valence-corrected chi connectivity index (χ2v) is 8.55. The highest BCUT2D eigenvalue weighted by atomic mass is 35.5. The van der Waals surface area contributed by atoms with Crippen LogP contribution in [0.25, 0.3) is 5.70 Å². The van der Waals surface area contributed by atoms with Crippen molar-refractivity contribution >= 4 is 40.5 Å². The Bertz CT molecular complexity index is 1300.